The van der Waals surface area contributed by atoms with E-state index in [1.807, 2.05) is 0 Å². The molecule has 0 amide bonds. The fourth-order valence-corrected chi connectivity index (χ4v) is 2.71. The number of rotatable bonds is 5. The molecule has 1 saturated heterocycles. The summed E-state index contributed by atoms with van der Waals surface area (Å²) in [5, 5.41) is 0. The molecule has 1 heterocycles. The van der Waals surface area contributed by atoms with Gasteiger partial charge in [-0.3, -0.25) is 11.3 Å². The van der Waals surface area contributed by atoms with Crippen LogP contribution in [-0.2, 0) is 11.2 Å². The molecular weight excluding hydrogens is 224 g/mol. The maximum absolute atomic E-state index is 5.73. The van der Waals surface area contributed by atoms with E-state index in [4.69, 9.17) is 10.6 Å². The van der Waals surface area contributed by atoms with E-state index < -0.39 is 0 Å². The number of benzene rings is 1. The summed E-state index contributed by atoms with van der Waals surface area (Å²) in [6.45, 7) is 3.91. The van der Waals surface area contributed by atoms with Gasteiger partial charge in [-0.2, -0.15) is 0 Å². The molecule has 1 aromatic carbocycles. The molecular formula is C15H24N2O. The van der Waals surface area contributed by atoms with E-state index in [1.165, 1.54) is 24.0 Å². The maximum Gasteiger partial charge on any atom is 0.0513 e. The van der Waals surface area contributed by atoms with E-state index in [0.717, 1.165) is 26.1 Å². The largest absolute Gasteiger partial charge is 0.381 e. The fourth-order valence-electron chi connectivity index (χ4n) is 2.71. The molecule has 0 aromatic heterocycles. The van der Waals surface area contributed by atoms with Crippen LogP contribution in [0.2, 0.25) is 0 Å². The zero-order valence-corrected chi connectivity index (χ0v) is 11.2. The van der Waals surface area contributed by atoms with Crippen LogP contribution in [0.5, 0.6) is 0 Å². The summed E-state index contributed by atoms with van der Waals surface area (Å²) in [5.41, 5.74) is 5.63. The highest BCUT2D eigenvalue weighted by Crippen LogP contribution is 2.28. The van der Waals surface area contributed by atoms with Crippen LogP contribution in [0.15, 0.2) is 24.3 Å². The second kappa shape index (κ2) is 6.88. The Bertz CT molecular complexity index is 344. The molecule has 0 radical (unpaired) electrons. The van der Waals surface area contributed by atoms with Crippen molar-refractivity contribution in [2.24, 2.45) is 11.8 Å². The third kappa shape index (κ3) is 3.31. The molecule has 2 unspecified atom stereocenters. The number of hydrogen-bond donors (Lipinski definition) is 2. The lowest BCUT2D eigenvalue weighted by Gasteiger charge is -2.30. The van der Waals surface area contributed by atoms with Gasteiger partial charge >= 0.3 is 0 Å². The van der Waals surface area contributed by atoms with E-state index in [9.17, 15) is 0 Å². The number of aryl methyl sites for hydroxylation is 1. The van der Waals surface area contributed by atoms with Gasteiger partial charge in [-0.15, -0.1) is 0 Å². The molecule has 0 spiro atoms. The van der Waals surface area contributed by atoms with Crippen molar-refractivity contribution in [3.05, 3.63) is 35.4 Å². The minimum absolute atomic E-state index is 0.209. The summed E-state index contributed by atoms with van der Waals surface area (Å²) in [7, 11) is 0. The summed E-state index contributed by atoms with van der Waals surface area (Å²) in [6.07, 6.45) is 4.66. The van der Waals surface area contributed by atoms with E-state index in [0.29, 0.717) is 5.92 Å². The second-order valence-corrected chi connectivity index (χ2v) is 5.11. The van der Waals surface area contributed by atoms with Gasteiger partial charge in [0.2, 0.25) is 0 Å². The van der Waals surface area contributed by atoms with Crippen molar-refractivity contribution in [3.8, 4) is 0 Å². The standard InChI is InChI=1S/C15H24N2O/c1-2-4-12-6-8-13(9-7-12)15(17-16)14-5-3-10-18-11-14/h6-9,14-15,17H,2-5,10-11,16H2,1H3. The quantitative estimate of drug-likeness (QED) is 0.622. The van der Waals surface area contributed by atoms with Crippen molar-refractivity contribution in [1.29, 1.82) is 0 Å². The molecule has 1 fully saturated rings. The minimum atomic E-state index is 0.209. The Hall–Kier alpha value is -0.900. The molecule has 1 aliphatic heterocycles. The highest BCUT2D eigenvalue weighted by molar-refractivity contribution is 5.25. The summed E-state index contributed by atoms with van der Waals surface area (Å²) in [6, 6.07) is 9.04. The Labute approximate surface area is 110 Å². The highest BCUT2D eigenvalue weighted by atomic mass is 16.5. The number of hydrazine groups is 1. The number of nitrogens with two attached hydrogens (primary N) is 1. The number of hydrogen-bond acceptors (Lipinski definition) is 3. The number of nitrogens with one attached hydrogen (secondary N) is 1. The van der Waals surface area contributed by atoms with Crippen LogP contribution in [0.4, 0.5) is 0 Å². The van der Waals surface area contributed by atoms with Crippen molar-refractivity contribution in [3.63, 3.8) is 0 Å². The molecule has 1 aliphatic rings. The fraction of sp³-hybridized carbons (Fsp3) is 0.600. The lowest BCUT2D eigenvalue weighted by atomic mass is 9.88. The second-order valence-electron chi connectivity index (χ2n) is 5.11. The molecule has 3 heteroatoms. The van der Waals surface area contributed by atoms with Gasteiger partial charge in [0.25, 0.3) is 0 Å². The van der Waals surface area contributed by atoms with Crippen LogP contribution in [0.25, 0.3) is 0 Å². The average Bonchev–Trinajstić information content (AvgIpc) is 2.43. The lowest BCUT2D eigenvalue weighted by molar-refractivity contribution is 0.0390. The molecule has 100 valence electrons. The predicted octanol–water partition coefficient (Wildman–Crippen LogP) is 2.57. The first-order chi connectivity index (χ1) is 8.85. The van der Waals surface area contributed by atoms with E-state index in [-0.39, 0.29) is 6.04 Å². The number of ether oxygens (including phenoxy) is 1. The zero-order chi connectivity index (χ0) is 12.8. The minimum Gasteiger partial charge on any atom is -0.381 e. The van der Waals surface area contributed by atoms with Gasteiger partial charge in [0.1, 0.15) is 0 Å². The summed E-state index contributed by atoms with van der Waals surface area (Å²) in [4.78, 5) is 0. The normalized spacial score (nSPS) is 21.8. The van der Waals surface area contributed by atoms with Crippen molar-refractivity contribution < 1.29 is 4.74 Å². The van der Waals surface area contributed by atoms with Crippen molar-refractivity contribution in [2.75, 3.05) is 13.2 Å². The van der Waals surface area contributed by atoms with E-state index in [2.05, 4.69) is 36.6 Å². The Morgan fingerprint density at radius 1 is 1.39 bits per heavy atom. The SMILES string of the molecule is CCCc1ccc(C(NN)C2CCCOC2)cc1. The summed E-state index contributed by atoms with van der Waals surface area (Å²) < 4.78 is 5.55. The Kier molecular flexibility index (Phi) is 5.17. The molecule has 3 nitrogen and oxygen atoms in total. The van der Waals surface area contributed by atoms with Gasteiger partial charge in [0, 0.05) is 12.5 Å². The monoisotopic (exact) mass is 248 g/mol. The Balaban J connectivity index is 2.06. The zero-order valence-electron chi connectivity index (χ0n) is 11.2. The van der Waals surface area contributed by atoms with Gasteiger partial charge < -0.3 is 4.74 Å². The van der Waals surface area contributed by atoms with Crippen LogP contribution in [-0.4, -0.2) is 13.2 Å². The van der Waals surface area contributed by atoms with E-state index >= 15 is 0 Å². The molecule has 3 N–H and O–H groups in total. The molecule has 2 rings (SSSR count). The first kappa shape index (κ1) is 13.5. The predicted molar refractivity (Wildman–Crippen MR) is 74.0 cm³/mol. The first-order valence-corrected chi connectivity index (χ1v) is 6.98. The molecule has 1 aromatic rings. The van der Waals surface area contributed by atoms with Gasteiger partial charge in [0.05, 0.1) is 12.6 Å². The van der Waals surface area contributed by atoms with Crippen LogP contribution in [0, 0.1) is 5.92 Å². The molecule has 2 atom stereocenters. The first-order valence-electron chi connectivity index (χ1n) is 6.98. The molecule has 18 heavy (non-hydrogen) atoms. The Morgan fingerprint density at radius 3 is 2.72 bits per heavy atom. The van der Waals surface area contributed by atoms with Gasteiger partial charge in [-0.05, 0) is 30.4 Å². The van der Waals surface area contributed by atoms with Crippen LogP contribution in [0.1, 0.15) is 43.4 Å². The van der Waals surface area contributed by atoms with Crippen molar-refractivity contribution >= 4 is 0 Å². The topological polar surface area (TPSA) is 47.3 Å². The summed E-state index contributed by atoms with van der Waals surface area (Å²) >= 11 is 0. The lowest BCUT2D eigenvalue weighted by Crippen LogP contribution is -2.37. The van der Waals surface area contributed by atoms with E-state index in [1.54, 1.807) is 0 Å². The van der Waals surface area contributed by atoms with Crippen LogP contribution < -0.4 is 11.3 Å². The van der Waals surface area contributed by atoms with Gasteiger partial charge in [-0.25, -0.2) is 0 Å². The van der Waals surface area contributed by atoms with Crippen LogP contribution in [0.3, 0.4) is 0 Å². The van der Waals surface area contributed by atoms with Crippen LogP contribution >= 0.6 is 0 Å². The van der Waals surface area contributed by atoms with Gasteiger partial charge in [-0.1, -0.05) is 37.6 Å². The van der Waals surface area contributed by atoms with Crippen molar-refractivity contribution in [1.82, 2.24) is 5.43 Å². The smallest absolute Gasteiger partial charge is 0.0513 e. The van der Waals surface area contributed by atoms with Crippen molar-refractivity contribution in [2.45, 2.75) is 38.6 Å². The van der Waals surface area contributed by atoms with Gasteiger partial charge in [0.15, 0.2) is 0 Å². The third-order valence-electron chi connectivity index (χ3n) is 3.72. The highest BCUT2D eigenvalue weighted by Gasteiger charge is 2.24. The molecule has 0 bridgehead atoms. The molecule has 0 aliphatic carbocycles. The maximum atomic E-state index is 5.73. The Morgan fingerprint density at radius 2 is 2.17 bits per heavy atom. The summed E-state index contributed by atoms with van der Waals surface area (Å²) in [5.74, 6) is 6.21. The average molecular weight is 248 g/mol. The molecule has 0 saturated carbocycles. The third-order valence-corrected chi connectivity index (χ3v) is 3.72.